The summed E-state index contributed by atoms with van der Waals surface area (Å²) in [7, 11) is 1.60. The Hall–Kier alpha value is -3.22. The third-order valence-electron chi connectivity index (χ3n) is 2.92. The first-order valence-electron chi connectivity index (χ1n) is 6.46. The molecule has 3 aromatic rings. The molecule has 2 N–H and O–H groups in total. The number of pyridine rings is 2. The second-order valence-electron chi connectivity index (χ2n) is 4.31. The first-order valence-corrected chi connectivity index (χ1v) is 6.46. The lowest BCUT2D eigenvalue weighted by atomic mass is 10.1. The highest BCUT2D eigenvalue weighted by Gasteiger charge is 2.13. The molecule has 0 atom stereocenters. The third-order valence-corrected chi connectivity index (χ3v) is 2.92. The molecule has 3 aromatic heterocycles. The highest BCUT2D eigenvalue weighted by Crippen LogP contribution is 2.35. The Morgan fingerprint density at radius 2 is 1.77 bits per heavy atom. The van der Waals surface area contributed by atoms with E-state index < -0.39 is 0 Å². The molecule has 0 bridgehead atoms. The zero-order valence-electron chi connectivity index (χ0n) is 11.8. The van der Waals surface area contributed by atoms with Gasteiger partial charge in [-0.1, -0.05) is 0 Å². The largest absolute Gasteiger partial charge is 0.496 e. The summed E-state index contributed by atoms with van der Waals surface area (Å²) in [4.78, 5) is 16.2. The molecule has 0 fully saturated rings. The van der Waals surface area contributed by atoms with Crippen LogP contribution in [0.25, 0.3) is 11.1 Å². The molecule has 0 aliphatic rings. The number of hydrogen-bond acceptors (Lipinski definition) is 7. The first kappa shape index (κ1) is 13.7. The van der Waals surface area contributed by atoms with E-state index in [2.05, 4.69) is 19.9 Å². The summed E-state index contributed by atoms with van der Waals surface area (Å²) >= 11 is 0. The Morgan fingerprint density at radius 3 is 2.55 bits per heavy atom. The summed E-state index contributed by atoms with van der Waals surface area (Å²) in [5.41, 5.74) is 7.00. The average Bonchev–Trinajstić information content (AvgIpc) is 2.57. The van der Waals surface area contributed by atoms with Crippen molar-refractivity contribution in [3.05, 3.63) is 49.2 Å². The van der Waals surface area contributed by atoms with Gasteiger partial charge in [-0.15, -0.1) is 0 Å². The first-order chi connectivity index (χ1) is 10.8. The van der Waals surface area contributed by atoms with E-state index in [1.54, 1.807) is 31.8 Å². The lowest BCUT2D eigenvalue weighted by Crippen LogP contribution is -1.97. The van der Waals surface area contributed by atoms with Crippen molar-refractivity contribution < 1.29 is 9.47 Å². The number of anilines is 1. The summed E-state index contributed by atoms with van der Waals surface area (Å²) in [6, 6.07) is 5.46. The van der Waals surface area contributed by atoms with Crippen molar-refractivity contribution in [1.29, 1.82) is 0 Å². The third kappa shape index (κ3) is 2.78. The van der Waals surface area contributed by atoms with Crippen LogP contribution >= 0.6 is 0 Å². The van der Waals surface area contributed by atoms with Gasteiger partial charge in [0.2, 0.25) is 11.8 Å². The Labute approximate surface area is 126 Å². The normalized spacial score (nSPS) is 10.2. The molecule has 22 heavy (non-hydrogen) atoms. The number of methoxy groups -OCH3 is 1. The summed E-state index contributed by atoms with van der Waals surface area (Å²) in [6.45, 7) is 0. The van der Waals surface area contributed by atoms with Crippen molar-refractivity contribution in [3.8, 4) is 28.5 Å². The Balaban J connectivity index is 2.01. The van der Waals surface area contributed by atoms with Gasteiger partial charge in [0.1, 0.15) is 5.75 Å². The highest BCUT2D eigenvalue weighted by molar-refractivity contribution is 5.73. The van der Waals surface area contributed by atoms with Crippen LogP contribution in [0, 0.1) is 0 Å². The minimum Gasteiger partial charge on any atom is -0.496 e. The van der Waals surface area contributed by atoms with Crippen molar-refractivity contribution in [2.24, 2.45) is 0 Å². The molecule has 3 rings (SSSR count). The molecule has 110 valence electrons. The van der Waals surface area contributed by atoms with Crippen LogP contribution in [-0.4, -0.2) is 27.0 Å². The van der Waals surface area contributed by atoms with Crippen LogP contribution in [0.3, 0.4) is 0 Å². The fourth-order valence-corrected chi connectivity index (χ4v) is 1.93. The summed E-state index contributed by atoms with van der Waals surface area (Å²) in [5.74, 6) is 1.71. The van der Waals surface area contributed by atoms with Gasteiger partial charge < -0.3 is 15.2 Å². The minimum atomic E-state index is 0.183. The molecule has 0 spiro atoms. The van der Waals surface area contributed by atoms with Gasteiger partial charge in [-0.3, -0.25) is 4.98 Å². The van der Waals surface area contributed by atoms with Crippen LogP contribution in [0.15, 0.2) is 49.2 Å². The van der Waals surface area contributed by atoms with E-state index in [1.165, 1.54) is 12.4 Å². The van der Waals surface area contributed by atoms with Crippen LogP contribution in [-0.2, 0) is 0 Å². The number of rotatable bonds is 4. The van der Waals surface area contributed by atoms with E-state index >= 15 is 0 Å². The van der Waals surface area contributed by atoms with Gasteiger partial charge in [-0.25, -0.2) is 15.0 Å². The molecule has 0 aliphatic carbocycles. The van der Waals surface area contributed by atoms with Gasteiger partial charge in [0, 0.05) is 29.7 Å². The zero-order chi connectivity index (χ0) is 15.4. The van der Waals surface area contributed by atoms with Gasteiger partial charge in [0.15, 0.2) is 5.75 Å². The number of nitrogens with zero attached hydrogens (tertiary/aromatic N) is 4. The van der Waals surface area contributed by atoms with Crippen LogP contribution in [0.5, 0.6) is 17.4 Å². The molecule has 3 heterocycles. The van der Waals surface area contributed by atoms with E-state index in [-0.39, 0.29) is 5.95 Å². The lowest BCUT2D eigenvalue weighted by molar-refractivity contribution is 0.415. The number of ether oxygens (including phenoxy) is 2. The summed E-state index contributed by atoms with van der Waals surface area (Å²) in [6.07, 6.45) is 7.97. The molecule has 0 aliphatic heterocycles. The summed E-state index contributed by atoms with van der Waals surface area (Å²) < 4.78 is 11.1. The number of hydrogen-bond donors (Lipinski definition) is 1. The van der Waals surface area contributed by atoms with Crippen LogP contribution in [0.4, 0.5) is 5.95 Å². The molecule has 0 unspecified atom stereocenters. The van der Waals surface area contributed by atoms with Crippen molar-refractivity contribution in [3.63, 3.8) is 0 Å². The predicted molar refractivity (Wildman–Crippen MR) is 80.5 cm³/mol. The second-order valence-corrected chi connectivity index (χ2v) is 4.31. The Morgan fingerprint density at radius 1 is 0.955 bits per heavy atom. The maximum atomic E-state index is 5.74. The van der Waals surface area contributed by atoms with E-state index in [9.17, 15) is 0 Å². The van der Waals surface area contributed by atoms with E-state index in [0.717, 1.165) is 11.1 Å². The predicted octanol–water partition coefficient (Wildman–Crippen LogP) is 2.32. The van der Waals surface area contributed by atoms with Crippen LogP contribution < -0.4 is 15.2 Å². The molecule has 0 aromatic carbocycles. The van der Waals surface area contributed by atoms with Gasteiger partial charge in [0.25, 0.3) is 0 Å². The van der Waals surface area contributed by atoms with Crippen LogP contribution in [0.2, 0.25) is 0 Å². The standard InChI is InChI=1S/C15H13N5O2/c1-21-13-4-6-17-9-12(13)11-3-2-5-18-14(11)22-10-7-19-15(16)20-8-10/h2-9H,1H3,(H2,16,19,20). The van der Waals surface area contributed by atoms with E-state index in [1.807, 2.05) is 12.1 Å². The SMILES string of the molecule is COc1ccncc1-c1cccnc1Oc1cnc(N)nc1. The quantitative estimate of drug-likeness (QED) is 0.788. The van der Waals surface area contributed by atoms with Crippen molar-refractivity contribution in [2.75, 3.05) is 12.8 Å². The number of nitrogens with two attached hydrogens (primary N) is 1. The molecule has 0 radical (unpaired) electrons. The molecule has 0 amide bonds. The molecule has 0 saturated carbocycles. The minimum absolute atomic E-state index is 0.183. The topological polar surface area (TPSA) is 96.0 Å². The van der Waals surface area contributed by atoms with Crippen LogP contribution in [0.1, 0.15) is 0 Å². The van der Waals surface area contributed by atoms with Crippen molar-refractivity contribution >= 4 is 5.95 Å². The Kier molecular flexibility index (Phi) is 3.78. The van der Waals surface area contributed by atoms with Gasteiger partial charge in [0.05, 0.1) is 19.5 Å². The Bertz CT molecular complexity index is 777. The van der Waals surface area contributed by atoms with Gasteiger partial charge in [-0.2, -0.15) is 0 Å². The summed E-state index contributed by atoms with van der Waals surface area (Å²) in [5, 5.41) is 0. The fraction of sp³-hybridized carbons (Fsp3) is 0.0667. The van der Waals surface area contributed by atoms with Gasteiger partial charge >= 0.3 is 0 Å². The molecule has 0 saturated heterocycles. The number of aromatic nitrogens is 4. The monoisotopic (exact) mass is 295 g/mol. The van der Waals surface area contributed by atoms with Gasteiger partial charge in [-0.05, 0) is 18.2 Å². The second kappa shape index (κ2) is 6.04. The smallest absolute Gasteiger partial charge is 0.227 e. The van der Waals surface area contributed by atoms with E-state index in [0.29, 0.717) is 17.4 Å². The molecular formula is C15H13N5O2. The maximum Gasteiger partial charge on any atom is 0.227 e. The molecule has 7 nitrogen and oxygen atoms in total. The molecule has 7 heteroatoms. The average molecular weight is 295 g/mol. The molecular weight excluding hydrogens is 282 g/mol. The zero-order valence-corrected chi connectivity index (χ0v) is 11.8. The van der Waals surface area contributed by atoms with Crippen molar-refractivity contribution in [2.45, 2.75) is 0 Å². The fourth-order valence-electron chi connectivity index (χ4n) is 1.93. The van der Waals surface area contributed by atoms with Crippen molar-refractivity contribution in [1.82, 2.24) is 19.9 Å². The lowest BCUT2D eigenvalue weighted by Gasteiger charge is -2.12. The highest BCUT2D eigenvalue weighted by atomic mass is 16.5. The number of nitrogen functional groups attached to an aromatic ring is 1. The maximum absolute atomic E-state index is 5.74. The van der Waals surface area contributed by atoms with E-state index in [4.69, 9.17) is 15.2 Å².